The highest BCUT2D eigenvalue weighted by Crippen LogP contribution is 2.22. The molecule has 0 radical (unpaired) electrons. The molecule has 0 aromatic heterocycles. The molecule has 0 saturated carbocycles. The molecule has 4 nitrogen and oxygen atoms in total. The van der Waals surface area contributed by atoms with E-state index < -0.39 is 0 Å². The van der Waals surface area contributed by atoms with Gasteiger partial charge in [-0.05, 0) is 44.6 Å². The van der Waals surface area contributed by atoms with Gasteiger partial charge in [0, 0.05) is 18.7 Å². The monoisotopic (exact) mass is 304 g/mol. The minimum absolute atomic E-state index is 0.203. The fraction of sp³-hybridized carbons (Fsp3) is 0.556. The number of fused-ring (bicyclic) bond motifs is 1. The second kappa shape index (κ2) is 10.1. The van der Waals surface area contributed by atoms with E-state index in [9.17, 15) is 4.79 Å². The van der Waals surface area contributed by atoms with Gasteiger partial charge in [0.25, 0.3) is 5.91 Å². The van der Waals surface area contributed by atoms with Crippen LogP contribution < -0.4 is 0 Å². The molecule has 1 aliphatic heterocycles. The van der Waals surface area contributed by atoms with E-state index in [-0.39, 0.29) is 5.91 Å². The van der Waals surface area contributed by atoms with Gasteiger partial charge in [0.15, 0.2) is 0 Å². The van der Waals surface area contributed by atoms with E-state index in [2.05, 4.69) is 24.9 Å². The van der Waals surface area contributed by atoms with Crippen LogP contribution in [0, 0.1) is 0 Å². The first kappa shape index (κ1) is 18.4. The van der Waals surface area contributed by atoms with Crippen molar-refractivity contribution < 1.29 is 9.59 Å². The third-order valence-electron chi connectivity index (χ3n) is 4.01. The van der Waals surface area contributed by atoms with Crippen LogP contribution in [-0.4, -0.2) is 49.2 Å². The Morgan fingerprint density at radius 3 is 2.50 bits per heavy atom. The molecule has 122 valence electrons. The van der Waals surface area contributed by atoms with Crippen LogP contribution in [0.25, 0.3) is 0 Å². The van der Waals surface area contributed by atoms with Gasteiger partial charge in [-0.2, -0.15) is 0 Å². The van der Waals surface area contributed by atoms with Gasteiger partial charge in [-0.15, -0.1) is 0 Å². The Kier molecular flexibility index (Phi) is 8.44. The number of carbonyl (C=O) groups excluding carboxylic acids is 2. The number of unbranched alkanes of at least 4 members (excludes halogenated alkanes) is 2. The lowest BCUT2D eigenvalue weighted by Crippen LogP contribution is -2.29. The Labute approximate surface area is 134 Å². The first-order chi connectivity index (χ1) is 10.7. The van der Waals surface area contributed by atoms with Crippen LogP contribution in [0.3, 0.4) is 0 Å². The number of amides is 1. The van der Waals surface area contributed by atoms with Crippen LogP contribution in [-0.2, 0) is 11.3 Å². The summed E-state index contributed by atoms with van der Waals surface area (Å²) in [6.45, 7) is 8.13. The van der Waals surface area contributed by atoms with Gasteiger partial charge >= 0.3 is 0 Å². The van der Waals surface area contributed by atoms with Crippen molar-refractivity contribution in [3.8, 4) is 0 Å². The molecule has 1 heterocycles. The quantitative estimate of drug-likeness (QED) is 0.693. The first-order valence-electron chi connectivity index (χ1n) is 8.07. The number of hydrogen-bond donors (Lipinski definition) is 0. The first-order valence-corrected chi connectivity index (χ1v) is 8.07. The summed E-state index contributed by atoms with van der Waals surface area (Å²) in [5.41, 5.74) is 2.07. The lowest BCUT2D eigenvalue weighted by atomic mass is 10.1. The summed E-state index contributed by atoms with van der Waals surface area (Å²) in [6, 6.07) is 7.96. The molecule has 0 atom stereocenters. The van der Waals surface area contributed by atoms with Gasteiger partial charge < -0.3 is 14.6 Å². The number of nitrogens with zero attached hydrogens (tertiary/aromatic N) is 2. The average Bonchev–Trinajstić information content (AvgIpc) is 2.86. The van der Waals surface area contributed by atoms with Gasteiger partial charge in [-0.25, -0.2) is 0 Å². The molecule has 1 aliphatic rings. The number of hydrogen-bond acceptors (Lipinski definition) is 3. The van der Waals surface area contributed by atoms with Crippen LogP contribution in [0.4, 0.5) is 0 Å². The van der Waals surface area contributed by atoms with E-state index in [1.54, 1.807) is 0 Å². The molecule has 0 aliphatic carbocycles. The summed E-state index contributed by atoms with van der Waals surface area (Å²) >= 11 is 0. The summed E-state index contributed by atoms with van der Waals surface area (Å²) < 4.78 is 0. The smallest absolute Gasteiger partial charge is 0.254 e. The Morgan fingerprint density at radius 1 is 1.14 bits per heavy atom. The molecule has 1 amide bonds. The van der Waals surface area contributed by atoms with Crippen molar-refractivity contribution in [3.05, 3.63) is 35.4 Å². The summed E-state index contributed by atoms with van der Waals surface area (Å²) in [7, 11) is 2.18. The third kappa shape index (κ3) is 5.26. The predicted octanol–water partition coefficient (Wildman–Crippen LogP) is 2.97. The van der Waals surface area contributed by atoms with Crippen molar-refractivity contribution in [2.75, 3.05) is 26.7 Å². The molecule has 0 N–H and O–H groups in total. The zero-order valence-electron chi connectivity index (χ0n) is 13.9. The normalized spacial score (nSPS) is 13.0. The minimum Gasteiger partial charge on any atom is -0.334 e. The predicted molar refractivity (Wildman–Crippen MR) is 89.9 cm³/mol. The second-order valence-electron chi connectivity index (χ2n) is 5.75. The molecule has 0 spiro atoms. The standard InChI is InChI=1S/C17H26N2O.CH2O/c1-3-4-7-11-18(2)12-8-13-19-14-15-9-5-6-10-16(15)17(19)20;1-2/h5-6,9-10H,3-4,7-8,11-14H2,1-2H3;1H2. The molecule has 1 aromatic rings. The van der Waals surface area contributed by atoms with Crippen molar-refractivity contribution in [1.29, 1.82) is 0 Å². The van der Waals surface area contributed by atoms with Crippen LogP contribution in [0.5, 0.6) is 0 Å². The summed E-state index contributed by atoms with van der Waals surface area (Å²) in [5, 5.41) is 0. The molecular weight excluding hydrogens is 276 g/mol. The number of carbonyl (C=O) groups is 2. The molecule has 2 rings (SSSR count). The largest absolute Gasteiger partial charge is 0.334 e. The lowest BCUT2D eigenvalue weighted by Gasteiger charge is -2.19. The molecule has 0 unspecified atom stereocenters. The van der Waals surface area contributed by atoms with Gasteiger partial charge in [-0.3, -0.25) is 4.79 Å². The van der Waals surface area contributed by atoms with E-state index in [0.29, 0.717) is 0 Å². The van der Waals surface area contributed by atoms with E-state index in [1.807, 2.05) is 29.9 Å². The Hall–Kier alpha value is -1.68. The lowest BCUT2D eigenvalue weighted by molar-refractivity contribution is -0.0980. The van der Waals surface area contributed by atoms with Crippen LogP contribution >= 0.6 is 0 Å². The molecule has 4 heteroatoms. The van der Waals surface area contributed by atoms with E-state index in [1.165, 1.54) is 31.4 Å². The second-order valence-corrected chi connectivity index (χ2v) is 5.75. The third-order valence-corrected chi connectivity index (χ3v) is 4.01. The van der Waals surface area contributed by atoms with E-state index >= 15 is 0 Å². The maximum absolute atomic E-state index is 12.2. The van der Waals surface area contributed by atoms with Crippen LogP contribution in [0.15, 0.2) is 24.3 Å². The van der Waals surface area contributed by atoms with Crippen molar-refractivity contribution >= 4 is 12.7 Å². The molecule has 1 aromatic carbocycles. The summed E-state index contributed by atoms with van der Waals surface area (Å²) in [5.74, 6) is 0.203. The fourth-order valence-electron chi connectivity index (χ4n) is 2.77. The zero-order chi connectivity index (χ0) is 16.4. The van der Waals surface area contributed by atoms with Gasteiger partial charge in [0.05, 0.1) is 0 Å². The highest BCUT2D eigenvalue weighted by atomic mass is 16.2. The van der Waals surface area contributed by atoms with Crippen molar-refractivity contribution in [3.63, 3.8) is 0 Å². The molecule has 0 bridgehead atoms. The SMILES string of the molecule is C=O.CCCCCN(C)CCCN1Cc2ccccc2C1=O. The summed E-state index contributed by atoms with van der Waals surface area (Å²) in [4.78, 5) is 24.6. The Balaban J connectivity index is 0.00000116. The number of rotatable bonds is 8. The van der Waals surface area contributed by atoms with Gasteiger partial charge in [0.1, 0.15) is 6.79 Å². The molecule has 0 fully saturated rings. The molecular formula is C18H28N2O2. The van der Waals surface area contributed by atoms with Gasteiger partial charge in [-0.1, -0.05) is 38.0 Å². The highest BCUT2D eigenvalue weighted by molar-refractivity contribution is 5.98. The average molecular weight is 304 g/mol. The topological polar surface area (TPSA) is 40.6 Å². The van der Waals surface area contributed by atoms with Gasteiger partial charge in [0.2, 0.25) is 0 Å². The van der Waals surface area contributed by atoms with Crippen molar-refractivity contribution in [2.45, 2.75) is 39.2 Å². The Morgan fingerprint density at radius 2 is 1.82 bits per heavy atom. The molecule has 22 heavy (non-hydrogen) atoms. The Bertz CT molecular complexity index is 462. The van der Waals surface area contributed by atoms with Crippen LogP contribution in [0.1, 0.15) is 48.5 Å². The zero-order valence-corrected chi connectivity index (χ0v) is 13.9. The minimum atomic E-state index is 0.203. The van der Waals surface area contributed by atoms with Crippen LogP contribution in [0.2, 0.25) is 0 Å². The fourth-order valence-corrected chi connectivity index (χ4v) is 2.77. The summed E-state index contributed by atoms with van der Waals surface area (Å²) in [6.07, 6.45) is 4.92. The highest BCUT2D eigenvalue weighted by Gasteiger charge is 2.25. The van der Waals surface area contributed by atoms with E-state index in [4.69, 9.17) is 4.79 Å². The van der Waals surface area contributed by atoms with Crippen molar-refractivity contribution in [1.82, 2.24) is 9.80 Å². The number of benzene rings is 1. The molecule has 0 saturated heterocycles. The van der Waals surface area contributed by atoms with E-state index in [0.717, 1.165) is 31.6 Å². The maximum Gasteiger partial charge on any atom is 0.254 e. The van der Waals surface area contributed by atoms with Crippen molar-refractivity contribution in [2.24, 2.45) is 0 Å². The maximum atomic E-state index is 12.2.